The second-order valence-electron chi connectivity index (χ2n) is 6.46. The van der Waals surface area contributed by atoms with Crippen LogP contribution in [0.15, 0.2) is 59.0 Å². The number of carbonyl (C=O) groups is 2. The van der Waals surface area contributed by atoms with Crippen molar-refractivity contribution < 1.29 is 14.4 Å². The van der Waals surface area contributed by atoms with Crippen LogP contribution in [0.1, 0.15) is 37.3 Å². The number of thioether (sulfide) groups is 1. The third-order valence-electron chi connectivity index (χ3n) is 4.53. The van der Waals surface area contributed by atoms with E-state index in [1.807, 2.05) is 61.7 Å². The summed E-state index contributed by atoms with van der Waals surface area (Å²) in [5.74, 6) is -0.641. The van der Waals surface area contributed by atoms with Gasteiger partial charge >= 0.3 is 5.97 Å². The highest BCUT2D eigenvalue weighted by Gasteiger charge is 2.32. The van der Waals surface area contributed by atoms with Gasteiger partial charge in [0.1, 0.15) is 0 Å². The van der Waals surface area contributed by atoms with Crippen LogP contribution in [-0.2, 0) is 14.4 Å². The maximum absolute atomic E-state index is 13.0. The third-order valence-corrected chi connectivity index (χ3v) is 5.52. The predicted molar refractivity (Wildman–Crippen MR) is 113 cm³/mol. The Balaban J connectivity index is 2.01. The first-order valence-electron chi connectivity index (χ1n) is 9.19. The predicted octanol–water partition coefficient (Wildman–Crippen LogP) is 5.35. The molecule has 2 aromatic carbocycles. The van der Waals surface area contributed by atoms with E-state index in [-0.39, 0.29) is 11.9 Å². The van der Waals surface area contributed by atoms with Crippen LogP contribution in [0.25, 0.3) is 5.57 Å². The summed E-state index contributed by atoms with van der Waals surface area (Å²) in [7, 11) is 0. The van der Waals surface area contributed by atoms with Gasteiger partial charge in [0.05, 0.1) is 6.54 Å². The molecule has 0 aliphatic carbocycles. The van der Waals surface area contributed by atoms with Crippen LogP contribution >= 0.6 is 23.4 Å². The Bertz CT molecular complexity index is 891. The summed E-state index contributed by atoms with van der Waals surface area (Å²) in [6.45, 7) is 2.26. The summed E-state index contributed by atoms with van der Waals surface area (Å²) >= 11 is 7.71. The molecule has 0 saturated carbocycles. The summed E-state index contributed by atoms with van der Waals surface area (Å²) in [6, 6.07) is 15.5. The summed E-state index contributed by atoms with van der Waals surface area (Å²) in [6.07, 6.45) is 3.52. The van der Waals surface area contributed by atoms with Gasteiger partial charge in [-0.25, -0.2) is 4.79 Å². The van der Waals surface area contributed by atoms with Gasteiger partial charge in [-0.15, -0.1) is 11.8 Å². The molecule has 6 heteroatoms. The lowest BCUT2D eigenvalue weighted by atomic mass is 9.92. The van der Waals surface area contributed by atoms with Gasteiger partial charge in [-0.2, -0.15) is 5.06 Å². The molecule has 0 atom stereocenters. The van der Waals surface area contributed by atoms with Gasteiger partial charge in [0.2, 0.25) is 0 Å². The highest BCUT2D eigenvalue weighted by atomic mass is 35.5. The second-order valence-corrected chi connectivity index (χ2v) is 7.78. The number of halogens is 1. The summed E-state index contributed by atoms with van der Waals surface area (Å²) < 4.78 is 0. The van der Waals surface area contributed by atoms with Crippen molar-refractivity contribution in [3.05, 3.63) is 70.3 Å². The zero-order chi connectivity index (χ0) is 20.1. The maximum atomic E-state index is 13.0. The quantitative estimate of drug-likeness (QED) is 0.471. The van der Waals surface area contributed by atoms with E-state index in [1.54, 1.807) is 11.8 Å². The maximum Gasteiger partial charge on any atom is 0.332 e. The Morgan fingerprint density at radius 3 is 2.29 bits per heavy atom. The highest BCUT2D eigenvalue weighted by molar-refractivity contribution is 7.98. The van der Waals surface area contributed by atoms with Crippen LogP contribution in [0, 0.1) is 0 Å². The zero-order valence-electron chi connectivity index (χ0n) is 15.9. The van der Waals surface area contributed by atoms with Crippen molar-refractivity contribution in [2.45, 2.75) is 31.1 Å². The van der Waals surface area contributed by atoms with E-state index in [1.165, 1.54) is 5.06 Å². The molecule has 0 aromatic heterocycles. The van der Waals surface area contributed by atoms with E-state index < -0.39 is 0 Å². The minimum Gasteiger partial charge on any atom is -0.338 e. The molecule has 1 saturated heterocycles. The molecule has 0 radical (unpaired) electrons. The van der Waals surface area contributed by atoms with E-state index in [0.29, 0.717) is 36.4 Å². The smallest absolute Gasteiger partial charge is 0.332 e. The van der Waals surface area contributed by atoms with Crippen molar-refractivity contribution >= 4 is 40.8 Å². The summed E-state index contributed by atoms with van der Waals surface area (Å²) in [5, 5.41) is 1.82. The molecule has 1 heterocycles. The first kappa shape index (κ1) is 20.5. The van der Waals surface area contributed by atoms with Gasteiger partial charge in [-0.3, -0.25) is 4.79 Å². The van der Waals surface area contributed by atoms with Crippen molar-refractivity contribution in [2.24, 2.45) is 0 Å². The molecule has 3 rings (SSSR count). The van der Waals surface area contributed by atoms with Crippen molar-refractivity contribution in [1.29, 1.82) is 0 Å². The van der Waals surface area contributed by atoms with Crippen molar-refractivity contribution in [3.8, 4) is 0 Å². The van der Waals surface area contributed by atoms with Crippen LogP contribution in [0.5, 0.6) is 0 Å². The van der Waals surface area contributed by atoms with Gasteiger partial charge in [0, 0.05) is 21.9 Å². The van der Waals surface area contributed by atoms with Gasteiger partial charge < -0.3 is 4.84 Å². The number of amides is 1. The molecule has 1 aliphatic rings. The molecule has 4 nitrogen and oxygen atoms in total. The van der Waals surface area contributed by atoms with Crippen molar-refractivity contribution in [2.75, 3.05) is 12.8 Å². The van der Waals surface area contributed by atoms with Crippen molar-refractivity contribution in [1.82, 2.24) is 5.06 Å². The van der Waals surface area contributed by atoms with E-state index in [4.69, 9.17) is 16.4 Å². The topological polar surface area (TPSA) is 46.6 Å². The number of nitrogens with zero attached hydrogens (tertiary/aromatic N) is 1. The number of carbonyl (C=O) groups excluding carboxylic acids is 2. The SMILES string of the molecule is CCCC(=O)ON1CCC(=C(c2ccc(Cl)cc2)c2ccc(SC)cc2)C1=O. The highest BCUT2D eigenvalue weighted by Crippen LogP contribution is 2.34. The molecule has 1 aliphatic heterocycles. The Morgan fingerprint density at radius 2 is 1.71 bits per heavy atom. The fourth-order valence-corrected chi connectivity index (χ4v) is 3.69. The van der Waals surface area contributed by atoms with Crippen LogP contribution in [-0.4, -0.2) is 29.7 Å². The Hall–Kier alpha value is -2.24. The summed E-state index contributed by atoms with van der Waals surface area (Å²) in [4.78, 5) is 31.2. The average Bonchev–Trinajstić information content (AvgIpc) is 3.04. The minimum atomic E-state index is -0.380. The lowest BCUT2D eigenvalue weighted by molar-refractivity contribution is -0.191. The van der Waals surface area contributed by atoms with E-state index >= 15 is 0 Å². The molecule has 2 aromatic rings. The lowest BCUT2D eigenvalue weighted by Gasteiger charge is -2.15. The molecule has 0 spiro atoms. The number of hydroxylamine groups is 2. The van der Waals surface area contributed by atoms with Crippen molar-refractivity contribution in [3.63, 3.8) is 0 Å². The van der Waals surface area contributed by atoms with Gasteiger partial charge in [-0.1, -0.05) is 42.8 Å². The first-order valence-corrected chi connectivity index (χ1v) is 10.8. The van der Waals surface area contributed by atoms with Gasteiger partial charge in [-0.05, 0) is 60.1 Å². The number of rotatable bonds is 6. The van der Waals surface area contributed by atoms with Crippen LogP contribution in [0.3, 0.4) is 0 Å². The second kappa shape index (κ2) is 9.30. The van der Waals surface area contributed by atoms with Crippen LogP contribution in [0.4, 0.5) is 0 Å². The Labute approximate surface area is 174 Å². The average molecular weight is 416 g/mol. The largest absolute Gasteiger partial charge is 0.338 e. The molecule has 146 valence electrons. The molecule has 0 bridgehead atoms. The molecule has 28 heavy (non-hydrogen) atoms. The molecule has 0 N–H and O–H groups in total. The Morgan fingerprint density at radius 1 is 1.11 bits per heavy atom. The normalized spacial score (nSPS) is 15.7. The molecule has 1 fully saturated rings. The molecular weight excluding hydrogens is 394 g/mol. The van der Waals surface area contributed by atoms with Gasteiger partial charge in [0.25, 0.3) is 5.91 Å². The van der Waals surface area contributed by atoms with E-state index in [0.717, 1.165) is 21.6 Å². The number of benzene rings is 2. The number of hydrogen-bond acceptors (Lipinski definition) is 4. The standard InChI is InChI=1S/C22H22ClNO3S/c1-3-4-20(25)27-24-14-13-19(22(24)26)21(15-5-9-17(23)10-6-15)16-7-11-18(28-2)12-8-16/h5-12H,3-4,13-14H2,1-2H3. The minimum absolute atomic E-state index is 0.261. The molecular formula is C22H22ClNO3S. The zero-order valence-corrected chi connectivity index (χ0v) is 17.5. The summed E-state index contributed by atoms with van der Waals surface area (Å²) in [5.41, 5.74) is 3.35. The fraction of sp³-hybridized carbons (Fsp3) is 0.273. The monoisotopic (exact) mass is 415 g/mol. The van der Waals surface area contributed by atoms with E-state index in [9.17, 15) is 9.59 Å². The third kappa shape index (κ3) is 4.59. The molecule has 0 unspecified atom stereocenters. The van der Waals surface area contributed by atoms with Gasteiger partial charge in [0.15, 0.2) is 0 Å². The van der Waals surface area contributed by atoms with Crippen LogP contribution in [0.2, 0.25) is 5.02 Å². The first-order chi connectivity index (χ1) is 13.5. The van der Waals surface area contributed by atoms with E-state index in [2.05, 4.69) is 0 Å². The van der Waals surface area contributed by atoms with Crippen LogP contribution < -0.4 is 0 Å². The number of hydrogen-bond donors (Lipinski definition) is 0. The molecule has 1 amide bonds. The lowest BCUT2D eigenvalue weighted by Crippen LogP contribution is -2.28. The Kier molecular flexibility index (Phi) is 6.81. The fourth-order valence-electron chi connectivity index (χ4n) is 3.15.